The molecule has 3 aliphatic heterocycles. The van der Waals surface area contributed by atoms with E-state index in [1.807, 2.05) is 32.0 Å². The summed E-state index contributed by atoms with van der Waals surface area (Å²) in [4.78, 5) is 12.5. The molecule has 0 aliphatic carbocycles. The number of hydrogen-bond donors (Lipinski definition) is 1. The van der Waals surface area contributed by atoms with Crippen molar-refractivity contribution in [2.75, 3.05) is 25.9 Å². The van der Waals surface area contributed by atoms with Crippen LogP contribution in [0, 0.1) is 25.7 Å². The Balaban J connectivity index is 1.46. The van der Waals surface area contributed by atoms with Crippen LogP contribution in [-0.2, 0) is 14.8 Å². The number of amides is 1. The van der Waals surface area contributed by atoms with Crippen molar-refractivity contribution in [2.45, 2.75) is 38.4 Å². The number of fused-ring (bicyclic) bond motifs is 1. The van der Waals surface area contributed by atoms with Crippen LogP contribution in [0.3, 0.4) is 0 Å². The zero-order chi connectivity index (χ0) is 18.7. The Labute approximate surface area is 155 Å². The highest BCUT2D eigenvalue weighted by atomic mass is 32.2. The summed E-state index contributed by atoms with van der Waals surface area (Å²) < 4.78 is 31.7. The summed E-state index contributed by atoms with van der Waals surface area (Å²) in [5.74, 6) is 0.255. The largest absolute Gasteiger partial charge is 0.370 e. The molecule has 1 spiro atoms. The van der Waals surface area contributed by atoms with Gasteiger partial charge in [-0.1, -0.05) is 6.07 Å². The van der Waals surface area contributed by atoms with Crippen LogP contribution in [0.2, 0.25) is 0 Å². The number of benzene rings is 1. The molecule has 4 atom stereocenters. The molecule has 1 aromatic carbocycles. The highest BCUT2D eigenvalue weighted by Gasteiger charge is 2.63. The number of carbonyl (C=O) groups excluding carboxylic acids is 1. The van der Waals surface area contributed by atoms with Crippen LogP contribution in [0.25, 0.3) is 0 Å². The van der Waals surface area contributed by atoms with Crippen LogP contribution in [-0.4, -0.2) is 56.2 Å². The number of nitrogens with zero attached hydrogens (tertiary/aromatic N) is 1. The summed E-state index contributed by atoms with van der Waals surface area (Å²) in [6.45, 7) is 5.50. The highest BCUT2D eigenvalue weighted by Crippen LogP contribution is 2.54. The van der Waals surface area contributed by atoms with Crippen LogP contribution in [0.5, 0.6) is 0 Å². The lowest BCUT2D eigenvalue weighted by atomic mass is 9.73. The molecule has 6 nitrogen and oxygen atoms in total. The van der Waals surface area contributed by atoms with Gasteiger partial charge in [-0.05, 0) is 49.9 Å². The van der Waals surface area contributed by atoms with Gasteiger partial charge in [0.05, 0.1) is 18.0 Å². The molecule has 0 aromatic heterocycles. The van der Waals surface area contributed by atoms with Crippen molar-refractivity contribution < 1.29 is 17.9 Å². The summed E-state index contributed by atoms with van der Waals surface area (Å²) in [7, 11) is -3.21. The molecule has 1 aromatic rings. The van der Waals surface area contributed by atoms with E-state index in [4.69, 9.17) is 4.74 Å². The number of ether oxygens (including phenoxy) is 1. The smallest absolute Gasteiger partial charge is 0.251 e. The number of hydrogen-bond acceptors (Lipinski definition) is 4. The van der Waals surface area contributed by atoms with Gasteiger partial charge in [-0.2, -0.15) is 4.31 Å². The average molecular weight is 378 g/mol. The van der Waals surface area contributed by atoms with Crippen molar-refractivity contribution in [3.05, 3.63) is 34.9 Å². The molecule has 2 bridgehead atoms. The van der Waals surface area contributed by atoms with Crippen molar-refractivity contribution >= 4 is 15.9 Å². The molecule has 3 aliphatic rings. The van der Waals surface area contributed by atoms with E-state index in [2.05, 4.69) is 5.32 Å². The topological polar surface area (TPSA) is 75.7 Å². The lowest BCUT2D eigenvalue weighted by Gasteiger charge is -2.29. The van der Waals surface area contributed by atoms with Gasteiger partial charge >= 0.3 is 0 Å². The summed E-state index contributed by atoms with van der Waals surface area (Å²) >= 11 is 0. The van der Waals surface area contributed by atoms with Gasteiger partial charge in [0.1, 0.15) is 0 Å². The van der Waals surface area contributed by atoms with Crippen molar-refractivity contribution in [3.63, 3.8) is 0 Å². The molecule has 4 rings (SSSR count). The van der Waals surface area contributed by atoms with Gasteiger partial charge in [0.25, 0.3) is 5.91 Å². The molecule has 1 amide bonds. The maximum atomic E-state index is 12.5. The molecule has 0 saturated carbocycles. The molecule has 142 valence electrons. The van der Waals surface area contributed by atoms with Crippen LogP contribution in [0.1, 0.15) is 34.3 Å². The molecular formula is C19H26N2O4S. The number of aryl methyl sites for hydroxylation is 2. The number of rotatable bonds is 4. The molecule has 7 heteroatoms. The Bertz CT molecular complexity index is 853. The second kappa shape index (κ2) is 6.04. The molecule has 3 heterocycles. The maximum Gasteiger partial charge on any atom is 0.251 e. The zero-order valence-electron chi connectivity index (χ0n) is 15.5. The SMILES string of the molecule is Cc1ccc(C(=O)NC[C@H]2[C@H]3CN(S(C)(=O)=O)C[C@]34CC[C@H]2O4)cc1C. The summed E-state index contributed by atoms with van der Waals surface area (Å²) in [5, 5.41) is 3.05. The van der Waals surface area contributed by atoms with Crippen LogP contribution in [0.4, 0.5) is 0 Å². The second-order valence-electron chi connectivity index (χ2n) is 8.09. The van der Waals surface area contributed by atoms with Gasteiger partial charge in [-0.15, -0.1) is 0 Å². The minimum absolute atomic E-state index is 0.0807. The first-order valence-corrected chi connectivity index (χ1v) is 11.0. The van der Waals surface area contributed by atoms with E-state index in [9.17, 15) is 13.2 Å². The maximum absolute atomic E-state index is 12.5. The lowest BCUT2D eigenvalue weighted by Crippen LogP contribution is -2.41. The first kappa shape index (κ1) is 17.9. The number of sulfonamides is 1. The summed E-state index contributed by atoms with van der Waals surface area (Å²) in [6, 6.07) is 5.71. The quantitative estimate of drug-likeness (QED) is 0.861. The highest BCUT2D eigenvalue weighted by molar-refractivity contribution is 7.88. The number of carbonyl (C=O) groups is 1. The van der Waals surface area contributed by atoms with E-state index < -0.39 is 10.0 Å². The third-order valence-electron chi connectivity index (χ3n) is 6.49. The predicted molar refractivity (Wildman–Crippen MR) is 98.5 cm³/mol. The van der Waals surface area contributed by atoms with Gasteiger partial charge in [-0.3, -0.25) is 4.79 Å². The lowest BCUT2D eigenvalue weighted by molar-refractivity contribution is 0.00801. The Kier molecular flexibility index (Phi) is 4.17. The zero-order valence-corrected chi connectivity index (χ0v) is 16.3. The Morgan fingerprint density at radius 2 is 2.12 bits per heavy atom. The van der Waals surface area contributed by atoms with Crippen LogP contribution < -0.4 is 5.32 Å². The molecule has 1 N–H and O–H groups in total. The Hall–Kier alpha value is -1.44. The van der Waals surface area contributed by atoms with Gasteiger partial charge in [-0.25, -0.2) is 8.42 Å². The first-order valence-electron chi connectivity index (χ1n) is 9.18. The van der Waals surface area contributed by atoms with Crippen molar-refractivity contribution in [1.29, 1.82) is 0 Å². The summed E-state index contributed by atoms with van der Waals surface area (Å²) in [5.41, 5.74) is 2.58. The standard InChI is InChI=1S/C19H26N2O4S/c1-12-4-5-14(8-13(12)2)18(22)20-9-15-16-10-21(26(3,23)24)11-19(16)7-6-17(15)25-19/h4-5,8,15-17H,6-7,9-11H2,1-3H3,(H,20,22)/t15-,16+,17+,19+/m0/s1. The molecule has 0 radical (unpaired) electrons. The monoisotopic (exact) mass is 378 g/mol. The van der Waals surface area contributed by atoms with E-state index in [-0.39, 0.29) is 29.4 Å². The van der Waals surface area contributed by atoms with Crippen molar-refractivity contribution in [3.8, 4) is 0 Å². The van der Waals surface area contributed by atoms with E-state index in [1.54, 1.807) is 0 Å². The fraction of sp³-hybridized carbons (Fsp3) is 0.632. The van der Waals surface area contributed by atoms with Crippen LogP contribution in [0.15, 0.2) is 18.2 Å². The van der Waals surface area contributed by atoms with E-state index >= 15 is 0 Å². The second-order valence-corrected chi connectivity index (χ2v) is 10.1. The minimum Gasteiger partial charge on any atom is -0.370 e. The van der Waals surface area contributed by atoms with Gasteiger partial charge in [0.2, 0.25) is 10.0 Å². The van der Waals surface area contributed by atoms with Crippen molar-refractivity contribution in [1.82, 2.24) is 9.62 Å². The summed E-state index contributed by atoms with van der Waals surface area (Å²) in [6.07, 6.45) is 3.24. The fourth-order valence-electron chi connectivity index (χ4n) is 4.87. The van der Waals surface area contributed by atoms with Crippen LogP contribution >= 0.6 is 0 Å². The normalized spacial score (nSPS) is 33.4. The van der Waals surface area contributed by atoms with E-state index in [0.29, 0.717) is 25.2 Å². The van der Waals surface area contributed by atoms with Gasteiger partial charge in [0, 0.05) is 37.0 Å². The molecule has 0 unspecified atom stereocenters. The van der Waals surface area contributed by atoms with Gasteiger partial charge in [0.15, 0.2) is 0 Å². The predicted octanol–water partition coefficient (Wildman–Crippen LogP) is 1.47. The number of nitrogens with one attached hydrogen (secondary N) is 1. The van der Waals surface area contributed by atoms with E-state index in [1.165, 1.54) is 10.6 Å². The molecule has 3 fully saturated rings. The first-order chi connectivity index (χ1) is 12.2. The molecule has 3 saturated heterocycles. The Morgan fingerprint density at radius 1 is 1.35 bits per heavy atom. The third-order valence-corrected chi connectivity index (χ3v) is 7.71. The van der Waals surface area contributed by atoms with Crippen molar-refractivity contribution in [2.24, 2.45) is 11.8 Å². The third kappa shape index (κ3) is 2.86. The minimum atomic E-state index is -3.21. The average Bonchev–Trinajstić information content (AvgIpc) is 3.23. The Morgan fingerprint density at radius 3 is 2.81 bits per heavy atom. The fourth-order valence-corrected chi connectivity index (χ4v) is 5.75. The molecular weight excluding hydrogens is 352 g/mol. The molecule has 26 heavy (non-hydrogen) atoms. The van der Waals surface area contributed by atoms with Gasteiger partial charge < -0.3 is 10.1 Å². The van der Waals surface area contributed by atoms with E-state index in [0.717, 1.165) is 24.0 Å².